The molecule has 3 fully saturated rings. The van der Waals surface area contributed by atoms with Gasteiger partial charge in [0.1, 0.15) is 18.3 Å². The molecule has 0 radical (unpaired) electrons. The number of rotatable bonds is 12. The van der Waals surface area contributed by atoms with E-state index in [9.17, 15) is 9.59 Å². The summed E-state index contributed by atoms with van der Waals surface area (Å²) in [5, 5.41) is 0. The summed E-state index contributed by atoms with van der Waals surface area (Å²) in [6.45, 7) is 11.0. The van der Waals surface area contributed by atoms with E-state index in [-0.39, 0.29) is 29.3 Å². The first-order chi connectivity index (χ1) is 27.8. The first-order valence-corrected chi connectivity index (χ1v) is 20.7. The van der Waals surface area contributed by atoms with Crippen LogP contribution in [0.2, 0.25) is 0 Å². The fourth-order valence-electron chi connectivity index (χ4n) is 11.1. The van der Waals surface area contributed by atoms with Gasteiger partial charge in [-0.25, -0.2) is 9.59 Å². The predicted molar refractivity (Wildman–Crippen MR) is 221 cm³/mol. The molecule has 1 saturated heterocycles. The molecule has 2 aliphatic carbocycles. The maximum Gasteiger partial charge on any atom is 0.350 e. The number of hydrogen-bond donors (Lipinski definition) is 0. The molecule has 8 heteroatoms. The third-order valence-electron chi connectivity index (χ3n) is 14.0. The van der Waals surface area contributed by atoms with Crippen LogP contribution in [0, 0.1) is 22.7 Å². The Morgan fingerprint density at radius 3 is 1.88 bits per heavy atom. The highest BCUT2D eigenvalue weighted by Crippen LogP contribution is 2.67. The van der Waals surface area contributed by atoms with Crippen molar-refractivity contribution >= 4 is 11.9 Å². The monoisotopic (exact) mass is 784 g/mol. The molecule has 0 N–H and O–H groups in total. The van der Waals surface area contributed by atoms with E-state index in [2.05, 4.69) is 93.6 Å². The lowest BCUT2D eigenvalue weighted by Crippen LogP contribution is -2.63. The zero-order valence-electron chi connectivity index (χ0n) is 34.6. The summed E-state index contributed by atoms with van der Waals surface area (Å²) in [4.78, 5) is 27.3. The summed E-state index contributed by atoms with van der Waals surface area (Å²) in [5.74, 6) is 0.515. The topological polar surface area (TPSA) is 89.5 Å². The number of cyclic esters (lactones) is 1. The summed E-state index contributed by atoms with van der Waals surface area (Å²) in [6, 6.07) is 38.5. The molecule has 0 aromatic heterocycles. The van der Waals surface area contributed by atoms with E-state index in [4.69, 9.17) is 28.4 Å². The van der Waals surface area contributed by atoms with Gasteiger partial charge in [-0.3, -0.25) is 0 Å². The van der Waals surface area contributed by atoms with Crippen LogP contribution in [0.25, 0.3) is 0 Å². The van der Waals surface area contributed by atoms with Gasteiger partial charge < -0.3 is 28.4 Å². The molecule has 4 aromatic rings. The fraction of sp³-hybridized carbons (Fsp3) is 0.440. The van der Waals surface area contributed by atoms with Gasteiger partial charge in [0.2, 0.25) is 0 Å². The molecule has 2 heterocycles. The van der Waals surface area contributed by atoms with Crippen molar-refractivity contribution in [2.75, 3.05) is 20.3 Å². The van der Waals surface area contributed by atoms with Gasteiger partial charge in [-0.2, -0.15) is 0 Å². The highest BCUT2D eigenvalue weighted by Gasteiger charge is 2.66. The largest absolute Gasteiger partial charge is 0.493 e. The van der Waals surface area contributed by atoms with Crippen molar-refractivity contribution in [2.45, 2.75) is 95.7 Å². The molecule has 8 nitrogen and oxygen atoms in total. The summed E-state index contributed by atoms with van der Waals surface area (Å²) < 4.78 is 38.5. The molecule has 0 spiro atoms. The van der Waals surface area contributed by atoms with Crippen LogP contribution in [0.15, 0.2) is 127 Å². The number of hydrogen-bond acceptors (Lipinski definition) is 8. The highest BCUT2D eigenvalue weighted by molar-refractivity contribution is 5.91. The van der Waals surface area contributed by atoms with Crippen LogP contribution >= 0.6 is 0 Å². The SMILES string of the molecule is COc1ccccc1OC(C)(C)C(=O)O[C@@H]1CC[C@@]2(C)C3CC(C4=CCOC4=O)O[C@]3(C)CC[C@@H]2[C@]1(C)COC(c1ccccc1)(c1ccccc1)c1ccccc1. The minimum Gasteiger partial charge on any atom is -0.493 e. The second-order valence-electron chi connectivity index (χ2n) is 17.8. The van der Waals surface area contributed by atoms with Crippen LogP contribution < -0.4 is 9.47 Å². The van der Waals surface area contributed by atoms with E-state index in [1.54, 1.807) is 27.0 Å². The van der Waals surface area contributed by atoms with Crippen LogP contribution in [0.3, 0.4) is 0 Å². The zero-order chi connectivity index (χ0) is 40.8. The van der Waals surface area contributed by atoms with Gasteiger partial charge in [-0.15, -0.1) is 0 Å². The number of benzene rings is 4. The zero-order valence-corrected chi connectivity index (χ0v) is 34.6. The van der Waals surface area contributed by atoms with Crippen LogP contribution in [0.1, 0.15) is 83.4 Å². The van der Waals surface area contributed by atoms with Gasteiger partial charge in [0.15, 0.2) is 17.1 Å². The number of carbonyl (C=O) groups is 2. The second-order valence-corrected chi connectivity index (χ2v) is 17.8. The van der Waals surface area contributed by atoms with E-state index in [0.717, 1.165) is 42.4 Å². The molecule has 4 aliphatic rings. The van der Waals surface area contributed by atoms with E-state index in [1.807, 2.05) is 42.5 Å². The number of fused-ring (bicyclic) bond motifs is 3. The summed E-state index contributed by atoms with van der Waals surface area (Å²) in [6.07, 6.45) is 4.89. The molecule has 0 bridgehead atoms. The number of esters is 2. The Morgan fingerprint density at radius 2 is 1.33 bits per heavy atom. The molecule has 0 amide bonds. The van der Waals surface area contributed by atoms with Crippen LogP contribution in [0.4, 0.5) is 0 Å². The van der Waals surface area contributed by atoms with Crippen LogP contribution in [-0.2, 0) is 34.1 Å². The van der Waals surface area contributed by atoms with Crippen molar-refractivity contribution in [3.8, 4) is 11.5 Å². The quantitative estimate of drug-likeness (QED) is 0.104. The third-order valence-corrected chi connectivity index (χ3v) is 14.0. The predicted octanol–water partition coefficient (Wildman–Crippen LogP) is 9.64. The molecular formula is C50H56O8. The normalized spacial score (nSPS) is 29.4. The molecule has 4 aromatic carbocycles. The minimum atomic E-state index is -1.32. The van der Waals surface area contributed by atoms with E-state index >= 15 is 0 Å². The Labute approximate surface area is 342 Å². The molecule has 2 saturated carbocycles. The Balaban J connectivity index is 1.19. The van der Waals surface area contributed by atoms with Crippen molar-refractivity contribution in [1.82, 2.24) is 0 Å². The van der Waals surface area contributed by atoms with Crippen molar-refractivity contribution in [1.29, 1.82) is 0 Å². The Bertz CT molecular complexity index is 2040. The van der Waals surface area contributed by atoms with Gasteiger partial charge in [0.05, 0.1) is 31.0 Å². The molecular weight excluding hydrogens is 729 g/mol. The van der Waals surface area contributed by atoms with E-state index < -0.39 is 34.3 Å². The van der Waals surface area contributed by atoms with Crippen molar-refractivity contribution in [3.05, 3.63) is 144 Å². The van der Waals surface area contributed by atoms with Crippen LogP contribution in [-0.4, -0.2) is 55.7 Å². The van der Waals surface area contributed by atoms with E-state index in [0.29, 0.717) is 36.7 Å². The number of methoxy groups -OCH3 is 1. The maximum atomic E-state index is 14.5. The smallest absolute Gasteiger partial charge is 0.350 e. The average Bonchev–Trinajstić information content (AvgIpc) is 3.83. The molecule has 304 valence electrons. The highest BCUT2D eigenvalue weighted by atomic mass is 16.6. The van der Waals surface area contributed by atoms with Gasteiger partial charge in [-0.05, 0) is 105 Å². The summed E-state index contributed by atoms with van der Waals surface area (Å²) in [5.41, 5.74) is 0.0829. The fourth-order valence-corrected chi connectivity index (χ4v) is 11.1. The second kappa shape index (κ2) is 15.4. The van der Waals surface area contributed by atoms with Gasteiger partial charge in [0.25, 0.3) is 0 Å². The van der Waals surface area contributed by atoms with Gasteiger partial charge in [0, 0.05) is 5.41 Å². The summed E-state index contributed by atoms with van der Waals surface area (Å²) >= 11 is 0. The van der Waals surface area contributed by atoms with Gasteiger partial charge in [-0.1, -0.05) is 117 Å². The standard InChI is InChI=1S/C50H56O8/c1-46(2,57-39-25-17-16-24-38(39)53-6)45(52)56-43-27-29-47(3)41(26-30-49(5)42(47)32-40(58-49)37-28-31-54-44(37)51)48(43,4)33-55-50(34-18-10-7-11-19-34,35-20-12-8-13-21-35)36-22-14-9-15-23-36/h7-25,28,40-43H,26-27,29-33H2,1-6H3/t40?,41-,42?,43+,47+,48-,49+/m0/s1. The lowest BCUT2D eigenvalue weighted by molar-refractivity contribution is -0.225. The van der Waals surface area contributed by atoms with Gasteiger partial charge >= 0.3 is 11.9 Å². The molecule has 2 aliphatic heterocycles. The Morgan fingerprint density at radius 1 is 0.759 bits per heavy atom. The molecule has 7 atom stereocenters. The van der Waals surface area contributed by atoms with Crippen molar-refractivity contribution in [2.24, 2.45) is 22.7 Å². The number of carbonyl (C=O) groups excluding carboxylic acids is 2. The maximum absolute atomic E-state index is 14.5. The Hall–Kier alpha value is -4.92. The molecule has 2 unspecified atom stereocenters. The minimum absolute atomic E-state index is 0.0785. The van der Waals surface area contributed by atoms with Crippen LogP contribution in [0.5, 0.6) is 11.5 Å². The Kier molecular flexibility index (Phi) is 10.6. The summed E-state index contributed by atoms with van der Waals surface area (Å²) in [7, 11) is 1.58. The average molecular weight is 785 g/mol. The first kappa shape index (κ1) is 39.9. The lowest BCUT2D eigenvalue weighted by Gasteiger charge is -2.62. The molecule has 8 rings (SSSR count). The van der Waals surface area contributed by atoms with E-state index in [1.165, 1.54) is 0 Å². The van der Waals surface area contributed by atoms with Crippen molar-refractivity contribution in [3.63, 3.8) is 0 Å². The first-order valence-electron chi connectivity index (χ1n) is 20.7. The number of para-hydroxylation sites is 2. The molecule has 58 heavy (non-hydrogen) atoms. The number of ether oxygens (including phenoxy) is 6. The van der Waals surface area contributed by atoms with Crippen molar-refractivity contribution < 1.29 is 38.0 Å². The third kappa shape index (κ3) is 6.82. The lowest BCUT2D eigenvalue weighted by atomic mass is 9.44.